The van der Waals surface area contributed by atoms with Gasteiger partial charge in [0.05, 0.1) is 0 Å². The second kappa shape index (κ2) is 1.81. The van der Waals surface area contributed by atoms with E-state index in [1.807, 2.05) is 0 Å². The highest BCUT2D eigenvalue weighted by Crippen LogP contribution is 2.54. The van der Waals surface area contributed by atoms with E-state index in [2.05, 4.69) is 0 Å². The zero-order valence-corrected chi connectivity index (χ0v) is 5.77. The first-order valence-electron chi connectivity index (χ1n) is 2.68. The molecule has 0 radical (unpaired) electrons. The number of halogens is 3. The van der Waals surface area contributed by atoms with Crippen molar-refractivity contribution in [2.45, 2.75) is 30.0 Å². The van der Waals surface area contributed by atoms with Crippen LogP contribution in [0.1, 0.15) is 19.8 Å². The van der Waals surface area contributed by atoms with E-state index < -0.39 is 10.3 Å². The summed E-state index contributed by atoms with van der Waals surface area (Å²) in [7, 11) is 0. The van der Waals surface area contributed by atoms with Gasteiger partial charge < -0.3 is 0 Å². The molecule has 0 aliphatic heterocycles. The maximum Gasteiger partial charge on any atom is 0.442 e. The van der Waals surface area contributed by atoms with E-state index in [4.69, 9.17) is 0 Å². The maximum atomic E-state index is 11.6. The summed E-state index contributed by atoms with van der Waals surface area (Å²) in [4.78, 5) is 0. The zero-order valence-electron chi connectivity index (χ0n) is 4.96. The maximum absolute atomic E-state index is 11.6. The lowest BCUT2D eigenvalue weighted by atomic mass is 10.5. The van der Waals surface area contributed by atoms with Gasteiger partial charge in [0, 0.05) is 4.75 Å². The Bertz CT molecular complexity index is 111. The molecule has 54 valence electrons. The summed E-state index contributed by atoms with van der Waals surface area (Å²) in [6.45, 7) is 1.64. The highest BCUT2D eigenvalue weighted by Gasteiger charge is 2.47. The average Bonchev–Trinajstić information content (AvgIpc) is 2.12. The minimum Gasteiger partial charge on any atom is -0.160 e. The molecule has 0 amide bonds. The number of hydrogen-bond donors (Lipinski definition) is 0. The Morgan fingerprint density at radius 3 is 1.89 bits per heavy atom. The second-order valence-electron chi connectivity index (χ2n) is 2.50. The van der Waals surface area contributed by atoms with Crippen molar-refractivity contribution in [2.75, 3.05) is 0 Å². The number of hydrogen-bond acceptors (Lipinski definition) is 1. The van der Waals surface area contributed by atoms with Crippen molar-refractivity contribution in [3.8, 4) is 0 Å². The summed E-state index contributed by atoms with van der Waals surface area (Å²) in [5.41, 5.74) is -4.04. The van der Waals surface area contributed by atoms with Crippen LogP contribution in [0.2, 0.25) is 0 Å². The van der Waals surface area contributed by atoms with Crippen LogP contribution in [0.3, 0.4) is 0 Å². The first-order chi connectivity index (χ1) is 3.91. The van der Waals surface area contributed by atoms with Crippen LogP contribution >= 0.6 is 11.8 Å². The molecule has 0 aromatic carbocycles. The van der Waals surface area contributed by atoms with Crippen molar-refractivity contribution in [3.63, 3.8) is 0 Å². The van der Waals surface area contributed by atoms with Crippen LogP contribution in [0, 0.1) is 0 Å². The Morgan fingerprint density at radius 1 is 1.33 bits per heavy atom. The van der Waals surface area contributed by atoms with Crippen LogP contribution in [0.4, 0.5) is 13.2 Å². The lowest BCUT2D eigenvalue weighted by Gasteiger charge is -2.09. The predicted molar refractivity (Wildman–Crippen MR) is 31.3 cm³/mol. The molecule has 0 saturated heterocycles. The summed E-state index contributed by atoms with van der Waals surface area (Å²) in [5, 5.41) is 0. The molecule has 1 fully saturated rings. The van der Waals surface area contributed by atoms with Gasteiger partial charge in [-0.05, 0) is 24.6 Å². The molecule has 0 heterocycles. The van der Waals surface area contributed by atoms with E-state index in [0.29, 0.717) is 12.8 Å². The van der Waals surface area contributed by atoms with E-state index >= 15 is 0 Å². The lowest BCUT2D eigenvalue weighted by Crippen LogP contribution is -2.08. The Morgan fingerprint density at radius 2 is 1.78 bits per heavy atom. The molecule has 0 N–H and O–H groups in total. The van der Waals surface area contributed by atoms with Gasteiger partial charge in [0.15, 0.2) is 0 Å². The number of alkyl halides is 3. The van der Waals surface area contributed by atoms with Gasteiger partial charge in [-0.1, -0.05) is 6.92 Å². The van der Waals surface area contributed by atoms with E-state index in [-0.39, 0.29) is 11.8 Å². The summed E-state index contributed by atoms with van der Waals surface area (Å²) < 4.78 is 34.2. The SMILES string of the molecule is CC1(SC(F)(F)F)CC1. The van der Waals surface area contributed by atoms with Crippen LogP contribution in [0.5, 0.6) is 0 Å². The molecule has 1 aliphatic carbocycles. The van der Waals surface area contributed by atoms with Gasteiger partial charge in [0.2, 0.25) is 0 Å². The van der Waals surface area contributed by atoms with Gasteiger partial charge in [-0.15, -0.1) is 0 Å². The fourth-order valence-corrected chi connectivity index (χ4v) is 1.42. The fourth-order valence-electron chi connectivity index (χ4n) is 0.557. The molecule has 1 aliphatic rings. The molecular weight excluding hydrogens is 149 g/mol. The predicted octanol–water partition coefficient (Wildman–Crippen LogP) is 2.79. The third kappa shape index (κ3) is 2.47. The van der Waals surface area contributed by atoms with Crippen molar-refractivity contribution >= 4 is 11.8 Å². The Balaban J connectivity index is 2.33. The van der Waals surface area contributed by atoms with Gasteiger partial charge in [-0.3, -0.25) is 0 Å². The summed E-state index contributed by atoms with van der Waals surface area (Å²) in [6.07, 6.45) is 1.41. The minimum atomic E-state index is -4.04. The first-order valence-corrected chi connectivity index (χ1v) is 3.50. The van der Waals surface area contributed by atoms with Gasteiger partial charge in [-0.25, -0.2) is 0 Å². The van der Waals surface area contributed by atoms with Crippen LogP contribution in [0.15, 0.2) is 0 Å². The molecule has 0 nitrogen and oxygen atoms in total. The monoisotopic (exact) mass is 156 g/mol. The molecule has 4 heteroatoms. The molecule has 0 atom stereocenters. The van der Waals surface area contributed by atoms with Gasteiger partial charge in [0.25, 0.3) is 0 Å². The summed E-state index contributed by atoms with van der Waals surface area (Å²) in [5.74, 6) is 0. The highest BCUT2D eigenvalue weighted by molar-refractivity contribution is 8.01. The molecule has 0 unspecified atom stereocenters. The van der Waals surface area contributed by atoms with E-state index in [9.17, 15) is 13.2 Å². The minimum absolute atomic E-state index is 0.125. The molecule has 0 bridgehead atoms. The molecule has 9 heavy (non-hydrogen) atoms. The first kappa shape index (κ1) is 7.25. The van der Waals surface area contributed by atoms with Crippen LogP contribution in [-0.4, -0.2) is 10.3 Å². The molecule has 1 saturated carbocycles. The number of rotatable bonds is 1. The van der Waals surface area contributed by atoms with Crippen LogP contribution in [-0.2, 0) is 0 Å². The van der Waals surface area contributed by atoms with Crippen molar-refractivity contribution < 1.29 is 13.2 Å². The van der Waals surface area contributed by atoms with Gasteiger partial charge >= 0.3 is 5.51 Å². The Labute approximate surface area is 55.8 Å². The number of thioether (sulfide) groups is 1. The lowest BCUT2D eigenvalue weighted by molar-refractivity contribution is -0.0334. The van der Waals surface area contributed by atoms with Crippen molar-refractivity contribution in [1.29, 1.82) is 0 Å². The highest BCUT2D eigenvalue weighted by atomic mass is 32.2. The van der Waals surface area contributed by atoms with Crippen molar-refractivity contribution in [1.82, 2.24) is 0 Å². The van der Waals surface area contributed by atoms with Crippen LogP contribution < -0.4 is 0 Å². The van der Waals surface area contributed by atoms with Crippen LogP contribution in [0.25, 0.3) is 0 Å². The molecule has 1 rings (SSSR count). The standard InChI is InChI=1S/C5H7F3S/c1-4(2-3-4)9-5(6,7)8/h2-3H2,1H3. The third-order valence-corrected chi connectivity index (χ3v) is 2.45. The van der Waals surface area contributed by atoms with Gasteiger partial charge in [0.1, 0.15) is 0 Å². The topological polar surface area (TPSA) is 0 Å². The van der Waals surface area contributed by atoms with E-state index in [0.717, 1.165) is 0 Å². The molecule has 0 aromatic rings. The Kier molecular flexibility index (Phi) is 1.46. The normalized spacial score (nSPS) is 24.0. The fraction of sp³-hybridized carbons (Fsp3) is 1.00. The van der Waals surface area contributed by atoms with E-state index in [1.165, 1.54) is 0 Å². The summed E-state index contributed by atoms with van der Waals surface area (Å²) in [6, 6.07) is 0. The average molecular weight is 156 g/mol. The van der Waals surface area contributed by atoms with Gasteiger partial charge in [-0.2, -0.15) is 13.2 Å². The quantitative estimate of drug-likeness (QED) is 0.562. The van der Waals surface area contributed by atoms with Crippen molar-refractivity contribution in [2.24, 2.45) is 0 Å². The zero-order chi connectivity index (χ0) is 7.12. The Hall–Kier alpha value is 0.140. The summed E-state index contributed by atoms with van der Waals surface area (Å²) >= 11 is 0.125. The molecule has 0 aromatic heterocycles. The van der Waals surface area contributed by atoms with E-state index in [1.54, 1.807) is 6.92 Å². The molecular formula is C5H7F3S. The smallest absolute Gasteiger partial charge is 0.160 e. The largest absolute Gasteiger partial charge is 0.442 e. The van der Waals surface area contributed by atoms with Crippen molar-refractivity contribution in [3.05, 3.63) is 0 Å². The second-order valence-corrected chi connectivity index (χ2v) is 4.15. The third-order valence-electron chi connectivity index (χ3n) is 1.32. The molecule has 0 spiro atoms.